The van der Waals surface area contributed by atoms with E-state index in [1.54, 1.807) is 11.8 Å². The second kappa shape index (κ2) is 6.90. The molecule has 7 nitrogen and oxygen atoms in total. The molecule has 2 amide bonds. The van der Waals surface area contributed by atoms with E-state index in [1.807, 2.05) is 12.1 Å². The first-order valence-corrected chi connectivity index (χ1v) is 10.5. The Kier molecular flexibility index (Phi) is 4.60. The summed E-state index contributed by atoms with van der Waals surface area (Å²) in [5.41, 5.74) is 3.14. The third kappa shape index (κ3) is 3.06. The number of cyclic esters (lactones) is 1. The van der Waals surface area contributed by atoms with Crippen molar-refractivity contribution >= 4 is 34.2 Å². The lowest BCUT2D eigenvalue weighted by Crippen LogP contribution is -2.40. The van der Waals surface area contributed by atoms with E-state index in [-0.39, 0.29) is 24.1 Å². The van der Waals surface area contributed by atoms with Crippen LogP contribution < -0.4 is 15.1 Å². The van der Waals surface area contributed by atoms with Gasteiger partial charge in [0.05, 0.1) is 18.3 Å². The Morgan fingerprint density at radius 1 is 1.35 bits per heavy atom. The summed E-state index contributed by atoms with van der Waals surface area (Å²) >= 11 is 0. The van der Waals surface area contributed by atoms with Gasteiger partial charge in [0.15, 0.2) is 0 Å². The number of rotatable bonds is 4. The van der Waals surface area contributed by atoms with Crippen molar-refractivity contribution in [2.24, 2.45) is 0 Å². The van der Waals surface area contributed by atoms with E-state index in [2.05, 4.69) is 16.3 Å². The van der Waals surface area contributed by atoms with E-state index >= 15 is 0 Å². The first-order valence-electron chi connectivity index (χ1n) is 9.06. The van der Waals surface area contributed by atoms with E-state index < -0.39 is 10.8 Å². The summed E-state index contributed by atoms with van der Waals surface area (Å²) < 4.78 is 17.0. The van der Waals surface area contributed by atoms with Gasteiger partial charge in [-0.25, -0.2) is 4.79 Å². The Balaban J connectivity index is 1.50. The van der Waals surface area contributed by atoms with Crippen molar-refractivity contribution in [3.63, 3.8) is 0 Å². The molecule has 4 rings (SSSR count). The number of amides is 2. The Morgan fingerprint density at radius 2 is 2.12 bits per heavy atom. The zero-order valence-corrected chi connectivity index (χ0v) is 15.6. The smallest absolute Gasteiger partial charge is 0.415 e. The third-order valence-corrected chi connectivity index (χ3v) is 6.60. The molecule has 0 spiro atoms. The quantitative estimate of drug-likeness (QED) is 0.848. The zero-order chi connectivity index (χ0) is 18.3. The van der Waals surface area contributed by atoms with Gasteiger partial charge in [0, 0.05) is 47.5 Å². The molecule has 1 aromatic carbocycles. The highest BCUT2D eigenvalue weighted by Gasteiger charge is 2.47. The number of hydrogen-bond acceptors (Lipinski definition) is 5. The molecule has 3 aliphatic rings. The molecule has 2 fully saturated rings. The van der Waals surface area contributed by atoms with Gasteiger partial charge in [-0.15, -0.1) is 0 Å². The van der Waals surface area contributed by atoms with Gasteiger partial charge in [-0.2, -0.15) is 0 Å². The standard InChI is InChI=1S/C18H23N3O4S/c1-2-17(22)19-11-16-15-10-12-9-13(20-5-7-26(24)8-6-20)3-4-14(12)21(15)18(23)25-16/h3-4,9,15-16H,2,5-8,10-11H2,1H3,(H,19,22)/t15-,16-/m0/s1. The molecule has 2 saturated heterocycles. The minimum Gasteiger partial charge on any atom is -0.442 e. The second-order valence-electron chi connectivity index (χ2n) is 6.87. The summed E-state index contributed by atoms with van der Waals surface area (Å²) in [6, 6.07) is 6.06. The van der Waals surface area contributed by atoms with E-state index in [1.165, 1.54) is 0 Å². The molecule has 0 radical (unpaired) electrons. The van der Waals surface area contributed by atoms with Gasteiger partial charge in [-0.05, 0) is 30.2 Å². The first-order chi connectivity index (χ1) is 12.6. The maximum atomic E-state index is 12.3. The average molecular weight is 377 g/mol. The lowest BCUT2D eigenvalue weighted by Gasteiger charge is -2.29. The number of carbonyl (C=O) groups excluding carboxylic acids is 2. The highest BCUT2D eigenvalue weighted by Crippen LogP contribution is 2.40. The molecule has 2 atom stereocenters. The van der Waals surface area contributed by atoms with E-state index in [0.717, 1.165) is 36.4 Å². The number of hydrogen-bond donors (Lipinski definition) is 1. The lowest BCUT2D eigenvalue weighted by molar-refractivity contribution is -0.121. The summed E-state index contributed by atoms with van der Waals surface area (Å²) in [6.45, 7) is 3.74. The maximum absolute atomic E-state index is 12.3. The Bertz CT molecular complexity index is 759. The fourth-order valence-electron chi connectivity index (χ4n) is 3.87. The Morgan fingerprint density at radius 3 is 2.85 bits per heavy atom. The van der Waals surface area contributed by atoms with E-state index in [4.69, 9.17) is 4.74 Å². The normalized spacial score (nSPS) is 25.0. The number of anilines is 2. The average Bonchev–Trinajstić information content (AvgIpc) is 3.17. The zero-order valence-electron chi connectivity index (χ0n) is 14.8. The van der Waals surface area contributed by atoms with Crippen molar-refractivity contribution in [1.82, 2.24) is 5.32 Å². The molecular formula is C18H23N3O4S. The van der Waals surface area contributed by atoms with Crippen LogP contribution in [0.3, 0.4) is 0 Å². The van der Waals surface area contributed by atoms with E-state index in [0.29, 0.717) is 24.5 Å². The van der Waals surface area contributed by atoms with Crippen LogP contribution in [0.4, 0.5) is 16.2 Å². The summed E-state index contributed by atoms with van der Waals surface area (Å²) in [5, 5.41) is 2.82. The largest absolute Gasteiger partial charge is 0.442 e. The Labute approximate surface area is 155 Å². The summed E-state index contributed by atoms with van der Waals surface area (Å²) in [4.78, 5) is 27.8. The van der Waals surface area contributed by atoms with E-state index in [9.17, 15) is 13.8 Å². The fraction of sp³-hybridized carbons (Fsp3) is 0.556. The summed E-state index contributed by atoms with van der Waals surface area (Å²) in [7, 11) is -0.700. The Hall–Kier alpha value is -2.09. The van der Waals surface area contributed by atoms with Crippen LogP contribution in [0.5, 0.6) is 0 Å². The molecule has 0 saturated carbocycles. The molecule has 0 aromatic heterocycles. The van der Waals surface area contributed by atoms with Crippen molar-refractivity contribution in [3.05, 3.63) is 23.8 Å². The van der Waals surface area contributed by atoms with Gasteiger partial charge in [-0.3, -0.25) is 13.9 Å². The second-order valence-corrected chi connectivity index (χ2v) is 8.57. The predicted molar refractivity (Wildman–Crippen MR) is 100 cm³/mol. The first kappa shape index (κ1) is 17.3. The lowest BCUT2D eigenvalue weighted by atomic mass is 10.0. The minimum absolute atomic E-state index is 0.0419. The van der Waals surface area contributed by atoms with Gasteiger partial charge in [0.2, 0.25) is 5.91 Å². The van der Waals surface area contributed by atoms with Crippen LogP contribution in [0.25, 0.3) is 0 Å². The third-order valence-electron chi connectivity index (χ3n) is 5.33. The van der Waals surface area contributed by atoms with Crippen molar-refractivity contribution in [3.8, 4) is 0 Å². The van der Waals surface area contributed by atoms with Crippen molar-refractivity contribution in [1.29, 1.82) is 0 Å². The number of ether oxygens (including phenoxy) is 1. The molecule has 0 bridgehead atoms. The van der Waals surface area contributed by atoms with Crippen molar-refractivity contribution in [2.75, 3.05) is 40.9 Å². The summed E-state index contributed by atoms with van der Waals surface area (Å²) in [5.74, 6) is 1.37. The van der Waals surface area contributed by atoms with Gasteiger partial charge < -0.3 is 15.0 Å². The maximum Gasteiger partial charge on any atom is 0.415 e. The van der Waals surface area contributed by atoms with Gasteiger partial charge in [-0.1, -0.05) is 6.92 Å². The van der Waals surface area contributed by atoms with Crippen LogP contribution in [-0.2, 0) is 26.8 Å². The van der Waals surface area contributed by atoms with Gasteiger partial charge in [0.25, 0.3) is 0 Å². The molecule has 0 unspecified atom stereocenters. The highest BCUT2D eigenvalue weighted by molar-refractivity contribution is 7.85. The predicted octanol–water partition coefficient (Wildman–Crippen LogP) is 1.03. The minimum atomic E-state index is -0.700. The highest BCUT2D eigenvalue weighted by atomic mass is 32.2. The number of nitrogens with zero attached hydrogens (tertiary/aromatic N) is 2. The summed E-state index contributed by atoms with van der Waals surface area (Å²) in [6.07, 6.45) is 0.470. The molecule has 1 aromatic rings. The van der Waals surface area contributed by atoms with Crippen LogP contribution in [-0.4, -0.2) is 59.5 Å². The van der Waals surface area contributed by atoms with Crippen LogP contribution in [0.2, 0.25) is 0 Å². The van der Waals surface area contributed by atoms with Crippen LogP contribution >= 0.6 is 0 Å². The van der Waals surface area contributed by atoms with Crippen LogP contribution in [0, 0.1) is 0 Å². The monoisotopic (exact) mass is 377 g/mol. The molecule has 26 heavy (non-hydrogen) atoms. The van der Waals surface area contributed by atoms with Gasteiger partial charge >= 0.3 is 6.09 Å². The molecule has 140 valence electrons. The molecule has 0 aliphatic carbocycles. The van der Waals surface area contributed by atoms with Gasteiger partial charge in [0.1, 0.15) is 6.10 Å². The van der Waals surface area contributed by atoms with Crippen LogP contribution in [0.15, 0.2) is 18.2 Å². The number of benzene rings is 1. The van der Waals surface area contributed by atoms with Crippen molar-refractivity contribution < 1.29 is 18.5 Å². The molecule has 1 N–H and O–H groups in total. The number of fused-ring (bicyclic) bond motifs is 3. The topological polar surface area (TPSA) is 79.0 Å². The fourth-order valence-corrected chi connectivity index (χ4v) is 4.92. The van der Waals surface area contributed by atoms with Crippen molar-refractivity contribution in [2.45, 2.75) is 31.9 Å². The number of nitrogens with one attached hydrogen (secondary N) is 1. The van der Waals surface area contributed by atoms with Crippen LogP contribution in [0.1, 0.15) is 18.9 Å². The molecular weight excluding hydrogens is 354 g/mol. The molecule has 3 heterocycles. The SMILES string of the molecule is CCC(=O)NC[C@@H]1OC(=O)N2c3ccc(N4CCS(=O)CC4)cc3C[C@@H]12. The number of carbonyl (C=O) groups is 2. The molecule has 8 heteroatoms. The molecule has 3 aliphatic heterocycles.